The molecule has 0 aromatic carbocycles. The molecule has 2 aromatic rings. The van der Waals surface area contributed by atoms with Crippen LogP contribution >= 0.6 is 27.3 Å². The Hall–Kier alpha value is -0.910. The minimum Gasteiger partial charge on any atom is -0.486 e. The fourth-order valence-corrected chi connectivity index (χ4v) is 2.57. The van der Waals surface area contributed by atoms with Gasteiger partial charge in [-0.1, -0.05) is 0 Å². The molecule has 0 saturated heterocycles. The van der Waals surface area contributed by atoms with Crippen molar-refractivity contribution >= 4 is 27.3 Å². The minimum atomic E-state index is -0.0435. The summed E-state index contributed by atoms with van der Waals surface area (Å²) in [4.78, 5) is 5.18. The van der Waals surface area contributed by atoms with Crippen LogP contribution in [0.15, 0.2) is 34.2 Å². The van der Waals surface area contributed by atoms with Gasteiger partial charge in [0.15, 0.2) is 0 Å². The summed E-state index contributed by atoms with van der Waals surface area (Å²) in [5.41, 5.74) is 0.645. The van der Waals surface area contributed by atoms with E-state index in [4.69, 9.17) is 9.84 Å². The van der Waals surface area contributed by atoms with Crippen molar-refractivity contribution in [1.29, 1.82) is 0 Å². The molecule has 0 aliphatic carbocycles. The molecule has 0 radical (unpaired) electrons. The predicted octanol–water partition coefficient (Wildman–Crippen LogP) is 2.98. The molecule has 0 fully saturated rings. The number of aromatic nitrogens is 1. The van der Waals surface area contributed by atoms with Crippen LogP contribution in [0.2, 0.25) is 0 Å². The van der Waals surface area contributed by atoms with Gasteiger partial charge < -0.3 is 9.84 Å². The van der Waals surface area contributed by atoms with Gasteiger partial charge in [0.2, 0.25) is 0 Å². The summed E-state index contributed by atoms with van der Waals surface area (Å²) in [7, 11) is 0. The first-order valence-corrected chi connectivity index (χ1v) is 6.31. The molecule has 3 nitrogen and oxygen atoms in total. The number of thiophene rings is 1. The van der Waals surface area contributed by atoms with E-state index in [1.54, 1.807) is 29.7 Å². The van der Waals surface area contributed by atoms with Crippen molar-refractivity contribution in [2.24, 2.45) is 0 Å². The van der Waals surface area contributed by atoms with Gasteiger partial charge in [0.05, 0.1) is 22.3 Å². The lowest BCUT2D eigenvalue weighted by molar-refractivity contribution is 0.275. The summed E-state index contributed by atoms with van der Waals surface area (Å²) in [6, 6.07) is 7.57. The van der Waals surface area contributed by atoms with Crippen molar-refractivity contribution in [3.63, 3.8) is 0 Å². The molecular formula is C11H10BrNO2S. The van der Waals surface area contributed by atoms with Crippen LogP contribution in [0.4, 0.5) is 0 Å². The molecule has 0 atom stereocenters. The molecule has 2 aromatic heterocycles. The molecule has 0 unspecified atom stereocenters. The van der Waals surface area contributed by atoms with Gasteiger partial charge in [-0.3, -0.25) is 4.98 Å². The molecule has 2 rings (SSSR count). The highest BCUT2D eigenvalue weighted by Crippen LogP contribution is 2.23. The first-order valence-electron chi connectivity index (χ1n) is 4.71. The Morgan fingerprint density at radius 1 is 1.31 bits per heavy atom. The minimum absolute atomic E-state index is 0.0435. The smallest absolute Gasteiger partial charge is 0.138 e. The lowest BCUT2D eigenvalue weighted by atomic mass is 10.3. The number of rotatable bonds is 4. The second-order valence-corrected chi connectivity index (χ2v) is 5.69. The van der Waals surface area contributed by atoms with E-state index in [9.17, 15) is 0 Å². The maximum Gasteiger partial charge on any atom is 0.138 e. The molecule has 0 spiro atoms. The molecule has 0 aliphatic rings. The van der Waals surface area contributed by atoms with Crippen LogP contribution in [0.25, 0.3) is 0 Å². The zero-order valence-electron chi connectivity index (χ0n) is 8.39. The Morgan fingerprint density at radius 3 is 2.75 bits per heavy atom. The molecule has 1 N–H and O–H groups in total. The fourth-order valence-electron chi connectivity index (χ4n) is 1.17. The Kier molecular flexibility index (Phi) is 3.93. The van der Waals surface area contributed by atoms with Gasteiger partial charge in [0, 0.05) is 4.88 Å². The fraction of sp³-hybridized carbons (Fsp3) is 0.182. The average Bonchev–Trinajstić information content (AvgIpc) is 2.73. The Balaban J connectivity index is 1.94. The third-order valence-corrected chi connectivity index (χ3v) is 3.57. The molecule has 0 amide bonds. The van der Waals surface area contributed by atoms with Crippen molar-refractivity contribution in [2.45, 2.75) is 13.2 Å². The van der Waals surface area contributed by atoms with Gasteiger partial charge in [-0.15, -0.1) is 11.3 Å². The van der Waals surface area contributed by atoms with Gasteiger partial charge in [0.25, 0.3) is 0 Å². The lowest BCUT2D eigenvalue weighted by Gasteiger charge is -2.04. The van der Waals surface area contributed by atoms with Crippen molar-refractivity contribution in [3.05, 3.63) is 44.8 Å². The standard InChI is InChI=1S/C11H10BrNO2S/c12-11-4-3-10(16-11)7-15-9-2-1-8(6-14)13-5-9/h1-5,14H,6-7H2. The Bertz CT molecular complexity index is 455. The summed E-state index contributed by atoms with van der Waals surface area (Å²) >= 11 is 5.05. The maximum atomic E-state index is 8.83. The first kappa shape index (κ1) is 11.6. The topological polar surface area (TPSA) is 42.4 Å². The summed E-state index contributed by atoms with van der Waals surface area (Å²) < 4.78 is 6.65. The zero-order chi connectivity index (χ0) is 11.4. The van der Waals surface area contributed by atoms with Crippen molar-refractivity contribution in [2.75, 3.05) is 0 Å². The number of ether oxygens (including phenoxy) is 1. The molecule has 84 valence electrons. The number of pyridine rings is 1. The molecule has 0 saturated carbocycles. The third kappa shape index (κ3) is 3.04. The molecule has 0 aliphatic heterocycles. The summed E-state index contributed by atoms with van der Waals surface area (Å²) in [6.45, 7) is 0.495. The summed E-state index contributed by atoms with van der Waals surface area (Å²) in [5.74, 6) is 0.710. The Labute approximate surface area is 106 Å². The van der Waals surface area contributed by atoms with Gasteiger partial charge in [0.1, 0.15) is 12.4 Å². The largest absolute Gasteiger partial charge is 0.486 e. The number of nitrogens with zero attached hydrogens (tertiary/aromatic N) is 1. The van der Waals surface area contributed by atoms with Gasteiger partial charge >= 0.3 is 0 Å². The van der Waals surface area contributed by atoms with E-state index >= 15 is 0 Å². The van der Waals surface area contributed by atoms with Crippen LogP contribution in [0.3, 0.4) is 0 Å². The van der Waals surface area contributed by atoms with Crippen LogP contribution in [-0.2, 0) is 13.2 Å². The number of hydrogen-bond donors (Lipinski definition) is 1. The van der Waals surface area contributed by atoms with E-state index in [0.29, 0.717) is 18.1 Å². The van der Waals surface area contributed by atoms with Crippen LogP contribution in [0.1, 0.15) is 10.6 Å². The first-order chi connectivity index (χ1) is 7.78. The van der Waals surface area contributed by atoms with Gasteiger partial charge in [-0.05, 0) is 40.2 Å². The highest BCUT2D eigenvalue weighted by atomic mass is 79.9. The number of hydrogen-bond acceptors (Lipinski definition) is 4. The van der Waals surface area contributed by atoms with Crippen LogP contribution in [0, 0.1) is 0 Å². The number of halogens is 1. The Morgan fingerprint density at radius 2 is 2.19 bits per heavy atom. The predicted molar refractivity (Wildman–Crippen MR) is 66.5 cm³/mol. The second-order valence-electron chi connectivity index (χ2n) is 3.14. The van der Waals surface area contributed by atoms with E-state index in [2.05, 4.69) is 20.9 Å². The van der Waals surface area contributed by atoms with Crippen molar-refractivity contribution < 1.29 is 9.84 Å². The maximum absolute atomic E-state index is 8.83. The molecule has 16 heavy (non-hydrogen) atoms. The normalized spacial score (nSPS) is 10.4. The number of aliphatic hydroxyl groups excluding tert-OH is 1. The van der Waals surface area contributed by atoms with Gasteiger partial charge in [-0.2, -0.15) is 0 Å². The van der Waals surface area contributed by atoms with E-state index in [1.165, 1.54) is 0 Å². The summed E-state index contributed by atoms with van der Waals surface area (Å²) in [6.07, 6.45) is 1.62. The highest BCUT2D eigenvalue weighted by Gasteiger charge is 2.00. The quantitative estimate of drug-likeness (QED) is 0.944. The third-order valence-electron chi connectivity index (χ3n) is 1.97. The van der Waals surface area contributed by atoms with E-state index in [1.807, 2.05) is 12.1 Å². The molecule has 0 bridgehead atoms. The SMILES string of the molecule is OCc1ccc(OCc2ccc(Br)s2)cn1. The van der Waals surface area contributed by atoms with Crippen molar-refractivity contribution in [1.82, 2.24) is 4.98 Å². The van der Waals surface area contributed by atoms with E-state index in [-0.39, 0.29) is 6.61 Å². The zero-order valence-corrected chi connectivity index (χ0v) is 10.8. The van der Waals surface area contributed by atoms with Crippen LogP contribution < -0.4 is 4.74 Å². The monoisotopic (exact) mass is 299 g/mol. The molecule has 5 heteroatoms. The number of aliphatic hydroxyl groups is 1. The van der Waals surface area contributed by atoms with E-state index < -0.39 is 0 Å². The average molecular weight is 300 g/mol. The van der Waals surface area contributed by atoms with E-state index in [0.717, 1.165) is 8.66 Å². The van der Waals surface area contributed by atoms with Gasteiger partial charge in [-0.25, -0.2) is 0 Å². The van der Waals surface area contributed by atoms with Crippen molar-refractivity contribution in [3.8, 4) is 5.75 Å². The summed E-state index contributed by atoms with van der Waals surface area (Å²) in [5, 5.41) is 8.83. The molecular weight excluding hydrogens is 290 g/mol. The van der Waals surface area contributed by atoms with Crippen LogP contribution in [0.5, 0.6) is 5.75 Å². The molecule has 2 heterocycles. The lowest BCUT2D eigenvalue weighted by Crippen LogP contribution is -1.94. The van der Waals surface area contributed by atoms with Crippen LogP contribution in [-0.4, -0.2) is 10.1 Å². The highest BCUT2D eigenvalue weighted by molar-refractivity contribution is 9.11. The second kappa shape index (κ2) is 5.43.